The Morgan fingerprint density at radius 2 is 1.78 bits per heavy atom. The molecule has 0 fully saturated rings. The van der Waals surface area contributed by atoms with E-state index in [0.29, 0.717) is 5.69 Å². The molecule has 0 spiro atoms. The van der Waals surface area contributed by atoms with E-state index in [4.69, 9.17) is 0 Å². The summed E-state index contributed by atoms with van der Waals surface area (Å²) in [5.74, 6) is -0.369. The van der Waals surface area contributed by atoms with Crippen LogP contribution in [0.4, 0.5) is 5.69 Å². The van der Waals surface area contributed by atoms with Gasteiger partial charge < -0.3 is 5.32 Å². The number of hydrogen-bond acceptors (Lipinski definition) is 3. The van der Waals surface area contributed by atoms with Gasteiger partial charge in [0.25, 0.3) is 0 Å². The predicted molar refractivity (Wildman–Crippen MR) is 92.3 cm³/mol. The number of sulfone groups is 1. The number of hydrogen-bond donors (Lipinski definition) is 1. The van der Waals surface area contributed by atoms with Gasteiger partial charge in [0, 0.05) is 11.9 Å². The molecule has 0 saturated heterocycles. The van der Waals surface area contributed by atoms with Crippen molar-refractivity contribution in [3.05, 3.63) is 60.2 Å². The molecule has 2 aromatic rings. The first-order valence-corrected chi connectivity index (χ1v) is 9.47. The molecule has 4 nitrogen and oxygen atoms in total. The minimum Gasteiger partial charge on any atom is -0.326 e. The van der Waals surface area contributed by atoms with Crippen molar-refractivity contribution >= 4 is 21.4 Å². The van der Waals surface area contributed by atoms with Crippen molar-refractivity contribution in [3.8, 4) is 0 Å². The Balaban J connectivity index is 2.22. The summed E-state index contributed by atoms with van der Waals surface area (Å²) in [5.41, 5.74) is 1.46. The second-order valence-corrected chi connectivity index (χ2v) is 7.56. The summed E-state index contributed by atoms with van der Waals surface area (Å²) >= 11 is 0. The summed E-state index contributed by atoms with van der Waals surface area (Å²) in [6.07, 6.45) is 2.77. The van der Waals surface area contributed by atoms with Gasteiger partial charge in [0.2, 0.25) is 5.91 Å². The summed E-state index contributed by atoms with van der Waals surface area (Å²) in [4.78, 5) is 12.8. The van der Waals surface area contributed by atoms with E-state index in [1.54, 1.807) is 12.1 Å². The number of benzene rings is 2. The van der Waals surface area contributed by atoms with Crippen LogP contribution >= 0.6 is 0 Å². The van der Waals surface area contributed by atoms with Gasteiger partial charge in [-0.1, -0.05) is 49.7 Å². The molecule has 1 amide bonds. The number of amides is 1. The molecule has 23 heavy (non-hydrogen) atoms. The highest BCUT2D eigenvalue weighted by Gasteiger charge is 2.20. The number of carbonyl (C=O) groups is 1. The molecule has 0 aliphatic rings. The van der Waals surface area contributed by atoms with E-state index in [9.17, 15) is 13.2 Å². The zero-order valence-electron chi connectivity index (χ0n) is 13.3. The summed E-state index contributed by atoms with van der Waals surface area (Å²) < 4.78 is 23.2. The lowest BCUT2D eigenvalue weighted by molar-refractivity contribution is -0.117. The van der Waals surface area contributed by atoms with E-state index in [1.807, 2.05) is 37.3 Å². The van der Waals surface area contributed by atoms with Crippen LogP contribution in [0.5, 0.6) is 0 Å². The molecular formula is C18H21NO3S. The lowest BCUT2D eigenvalue weighted by Gasteiger charge is -2.17. The zero-order chi connectivity index (χ0) is 16.9. The minimum absolute atomic E-state index is 0.122. The van der Waals surface area contributed by atoms with Crippen LogP contribution in [-0.2, 0) is 14.6 Å². The summed E-state index contributed by atoms with van der Waals surface area (Å²) in [7, 11) is -3.30. The molecule has 5 heteroatoms. The molecule has 0 aliphatic heterocycles. The Labute approximate surface area is 137 Å². The monoisotopic (exact) mass is 331 g/mol. The molecule has 0 heterocycles. The van der Waals surface area contributed by atoms with Crippen molar-refractivity contribution in [2.75, 3.05) is 11.6 Å². The fourth-order valence-corrected chi connectivity index (χ4v) is 3.12. The molecule has 1 atom stereocenters. The van der Waals surface area contributed by atoms with Crippen molar-refractivity contribution in [2.45, 2.75) is 30.6 Å². The highest BCUT2D eigenvalue weighted by Crippen LogP contribution is 2.24. The quantitative estimate of drug-likeness (QED) is 0.879. The fourth-order valence-electron chi connectivity index (χ4n) is 2.46. The lowest BCUT2D eigenvalue weighted by Crippen LogP contribution is -2.21. The van der Waals surface area contributed by atoms with Crippen LogP contribution in [0.25, 0.3) is 0 Å². The molecule has 0 saturated carbocycles. The molecule has 0 bridgehead atoms. The second-order valence-electron chi connectivity index (χ2n) is 5.54. The number of rotatable bonds is 6. The van der Waals surface area contributed by atoms with Gasteiger partial charge in [-0.3, -0.25) is 4.79 Å². The maximum atomic E-state index is 12.6. The summed E-state index contributed by atoms with van der Waals surface area (Å²) in [6.45, 7) is 2.04. The third-order valence-corrected chi connectivity index (χ3v) is 4.74. The molecule has 2 rings (SSSR count). The van der Waals surface area contributed by atoms with E-state index in [2.05, 4.69) is 5.32 Å². The molecular weight excluding hydrogens is 310 g/mol. The predicted octanol–water partition coefficient (Wildman–Crippen LogP) is 3.61. The highest BCUT2D eigenvalue weighted by atomic mass is 32.2. The largest absolute Gasteiger partial charge is 0.326 e. The molecule has 1 N–H and O–H groups in total. The van der Waals surface area contributed by atoms with Crippen molar-refractivity contribution in [2.24, 2.45) is 0 Å². The lowest BCUT2D eigenvalue weighted by atomic mass is 9.93. The Morgan fingerprint density at radius 1 is 1.09 bits per heavy atom. The van der Waals surface area contributed by atoms with E-state index in [0.717, 1.165) is 24.7 Å². The topological polar surface area (TPSA) is 63.2 Å². The molecule has 0 aliphatic carbocycles. The minimum atomic E-state index is -3.30. The maximum Gasteiger partial charge on any atom is 0.231 e. The van der Waals surface area contributed by atoms with Crippen molar-refractivity contribution in [1.29, 1.82) is 0 Å². The van der Waals surface area contributed by atoms with Gasteiger partial charge in [-0.05, 0) is 30.2 Å². The van der Waals surface area contributed by atoms with Gasteiger partial charge in [-0.2, -0.15) is 0 Å². The first-order chi connectivity index (χ1) is 10.9. The van der Waals surface area contributed by atoms with Crippen LogP contribution in [0, 0.1) is 0 Å². The normalized spacial score (nSPS) is 12.6. The highest BCUT2D eigenvalue weighted by molar-refractivity contribution is 7.90. The average Bonchev–Trinajstić information content (AvgIpc) is 2.53. The Kier molecular flexibility index (Phi) is 5.55. The van der Waals surface area contributed by atoms with Crippen molar-refractivity contribution < 1.29 is 13.2 Å². The van der Waals surface area contributed by atoms with Gasteiger partial charge in [-0.15, -0.1) is 0 Å². The zero-order valence-corrected chi connectivity index (χ0v) is 14.1. The van der Waals surface area contributed by atoms with Crippen LogP contribution in [0.2, 0.25) is 0 Å². The number of carbonyl (C=O) groups excluding carboxylic acids is 1. The van der Waals surface area contributed by atoms with Crippen LogP contribution in [-0.4, -0.2) is 20.6 Å². The van der Waals surface area contributed by atoms with E-state index in [1.165, 1.54) is 12.1 Å². The number of nitrogens with one attached hydrogen (secondary N) is 1. The molecule has 2 aromatic carbocycles. The third-order valence-electron chi connectivity index (χ3n) is 3.63. The van der Waals surface area contributed by atoms with Crippen molar-refractivity contribution in [3.63, 3.8) is 0 Å². The van der Waals surface area contributed by atoms with Gasteiger partial charge in [0.05, 0.1) is 10.8 Å². The summed E-state index contributed by atoms with van der Waals surface area (Å²) in [5, 5.41) is 2.83. The first-order valence-electron chi connectivity index (χ1n) is 7.57. The van der Waals surface area contributed by atoms with Crippen molar-refractivity contribution in [1.82, 2.24) is 0 Å². The molecule has 0 aromatic heterocycles. The Morgan fingerprint density at radius 3 is 2.39 bits per heavy atom. The van der Waals surface area contributed by atoms with E-state index < -0.39 is 9.84 Å². The van der Waals surface area contributed by atoms with Crippen LogP contribution in [0.15, 0.2) is 59.5 Å². The second kappa shape index (κ2) is 7.42. The third kappa shape index (κ3) is 4.66. The van der Waals surface area contributed by atoms with E-state index >= 15 is 0 Å². The van der Waals surface area contributed by atoms with Gasteiger partial charge in [0.1, 0.15) is 0 Å². The van der Waals surface area contributed by atoms with Crippen LogP contribution < -0.4 is 5.32 Å². The molecule has 122 valence electrons. The van der Waals surface area contributed by atoms with Crippen LogP contribution in [0.1, 0.15) is 31.2 Å². The maximum absolute atomic E-state index is 12.6. The standard InChI is InChI=1S/C18H21NO3S/c1-3-8-17(14-9-5-4-6-10-14)18(20)19-15-11-7-12-16(13-15)23(2,21)22/h4-7,9-13,17H,3,8H2,1-2H3,(H,19,20)/t17-/m1/s1. The van der Waals surface area contributed by atoms with Gasteiger partial charge in [-0.25, -0.2) is 8.42 Å². The van der Waals surface area contributed by atoms with Gasteiger partial charge >= 0.3 is 0 Å². The molecule has 0 unspecified atom stereocenters. The SMILES string of the molecule is CCC[C@@H](C(=O)Nc1cccc(S(C)(=O)=O)c1)c1ccccc1. The Bertz CT molecular complexity index is 770. The first kappa shape index (κ1) is 17.2. The smallest absolute Gasteiger partial charge is 0.231 e. The Hall–Kier alpha value is -2.14. The fraction of sp³-hybridized carbons (Fsp3) is 0.278. The van der Waals surface area contributed by atoms with E-state index in [-0.39, 0.29) is 16.7 Å². The number of anilines is 1. The molecule has 0 radical (unpaired) electrons. The van der Waals surface area contributed by atoms with Crippen LogP contribution in [0.3, 0.4) is 0 Å². The average molecular weight is 331 g/mol. The summed E-state index contributed by atoms with van der Waals surface area (Å²) in [6, 6.07) is 15.9. The van der Waals surface area contributed by atoms with Gasteiger partial charge in [0.15, 0.2) is 9.84 Å².